The van der Waals surface area contributed by atoms with Gasteiger partial charge < -0.3 is 11.5 Å². The van der Waals surface area contributed by atoms with E-state index in [0.29, 0.717) is 11.7 Å². The highest BCUT2D eigenvalue weighted by molar-refractivity contribution is 5.98. The molecule has 0 amide bonds. The average Bonchev–Trinajstić information content (AvgIpc) is 3.17. The third-order valence-corrected chi connectivity index (χ3v) is 4.17. The van der Waals surface area contributed by atoms with Crippen LogP contribution in [0.1, 0.15) is 38.8 Å². The number of nitrogens with zero attached hydrogens (tertiary/aromatic N) is 5. The smallest absolute Gasteiger partial charge is 0.125 e. The molecule has 0 aliphatic heterocycles. The van der Waals surface area contributed by atoms with Crippen LogP contribution in [0.15, 0.2) is 64.7 Å². The van der Waals surface area contributed by atoms with Crippen molar-refractivity contribution in [3.05, 3.63) is 65.9 Å². The van der Waals surface area contributed by atoms with Crippen LogP contribution < -0.4 is 11.5 Å². The van der Waals surface area contributed by atoms with Crippen molar-refractivity contribution in [2.45, 2.75) is 39.8 Å². The van der Waals surface area contributed by atoms with Gasteiger partial charge in [-0.3, -0.25) is 9.98 Å². The molecule has 0 saturated carbocycles. The standard InChI is InChI=1S/C22H27N7.2ClH/c1-14(2)25-21(23)17-10-8-16(9-11-17)20-13-29(28-27-20)19-7-5-6-18(12-19)22(24)26-15(3)4;;/h5-15H,1-4H3,(H2,23,25)(H2,24,26);2*1H. The second-order valence-corrected chi connectivity index (χ2v) is 7.39. The van der Waals surface area contributed by atoms with Gasteiger partial charge >= 0.3 is 0 Å². The fourth-order valence-electron chi connectivity index (χ4n) is 2.85. The minimum atomic E-state index is 0. The summed E-state index contributed by atoms with van der Waals surface area (Å²) in [5.74, 6) is 1.05. The van der Waals surface area contributed by atoms with Crippen LogP contribution in [0.5, 0.6) is 0 Å². The van der Waals surface area contributed by atoms with Gasteiger partial charge in [-0.15, -0.1) is 29.9 Å². The third kappa shape index (κ3) is 6.80. The number of benzene rings is 2. The van der Waals surface area contributed by atoms with Gasteiger partial charge in [-0.1, -0.05) is 41.6 Å². The van der Waals surface area contributed by atoms with Gasteiger partial charge in [0.2, 0.25) is 0 Å². The Kier molecular flexibility index (Phi) is 9.68. The molecule has 166 valence electrons. The predicted molar refractivity (Wildman–Crippen MR) is 133 cm³/mol. The largest absolute Gasteiger partial charge is 0.383 e. The average molecular weight is 462 g/mol. The van der Waals surface area contributed by atoms with Crippen LogP contribution in [0.2, 0.25) is 0 Å². The number of aliphatic imine (C=N–C) groups is 2. The molecule has 7 nitrogen and oxygen atoms in total. The Morgan fingerprint density at radius 2 is 1.42 bits per heavy atom. The molecule has 0 radical (unpaired) electrons. The molecule has 9 heteroatoms. The van der Waals surface area contributed by atoms with Crippen LogP contribution in [0.4, 0.5) is 0 Å². The maximum atomic E-state index is 6.09. The summed E-state index contributed by atoms with van der Waals surface area (Å²) in [6.07, 6.45) is 1.88. The molecule has 0 fully saturated rings. The minimum absolute atomic E-state index is 0. The van der Waals surface area contributed by atoms with Gasteiger partial charge in [-0.25, -0.2) is 4.68 Å². The second kappa shape index (κ2) is 11.5. The molecule has 3 rings (SSSR count). The van der Waals surface area contributed by atoms with Crippen molar-refractivity contribution in [1.29, 1.82) is 0 Å². The molecular formula is C22H29Cl2N7. The first-order valence-corrected chi connectivity index (χ1v) is 9.64. The van der Waals surface area contributed by atoms with Gasteiger partial charge in [0.05, 0.1) is 11.9 Å². The molecule has 4 N–H and O–H groups in total. The molecule has 0 aliphatic carbocycles. The van der Waals surface area contributed by atoms with Gasteiger partial charge in [-0.05, 0) is 39.8 Å². The van der Waals surface area contributed by atoms with E-state index in [0.717, 1.165) is 28.1 Å². The maximum absolute atomic E-state index is 6.09. The number of halogens is 2. The highest BCUT2D eigenvalue weighted by Crippen LogP contribution is 2.19. The predicted octanol–water partition coefficient (Wildman–Crippen LogP) is 4.01. The van der Waals surface area contributed by atoms with E-state index < -0.39 is 0 Å². The molecule has 2 aromatic carbocycles. The Morgan fingerprint density at radius 3 is 2.00 bits per heavy atom. The molecule has 1 heterocycles. The van der Waals surface area contributed by atoms with Crippen LogP contribution in [-0.2, 0) is 0 Å². The summed E-state index contributed by atoms with van der Waals surface area (Å²) in [7, 11) is 0. The fourth-order valence-corrected chi connectivity index (χ4v) is 2.85. The molecule has 1 aromatic heterocycles. The molecule has 0 aliphatic rings. The number of hydrogen-bond acceptors (Lipinski definition) is 4. The monoisotopic (exact) mass is 461 g/mol. The number of amidine groups is 2. The highest BCUT2D eigenvalue weighted by Gasteiger charge is 2.08. The van der Waals surface area contributed by atoms with E-state index in [2.05, 4.69) is 20.3 Å². The number of aromatic nitrogens is 3. The van der Waals surface area contributed by atoms with Crippen molar-refractivity contribution in [3.63, 3.8) is 0 Å². The van der Waals surface area contributed by atoms with Crippen LogP contribution >= 0.6 is 24.8 Å². The first kappa shape index (κ1) is 26.1. The Balaban J connectivity index is 0.00000240. The normalized spacial score (nSPS) is 11.9. The molecule has 0 spiro atoms. The van der Waals surface area contributed by atoms with E-state index >= 15 is 0 Å². The van der Waals surface area contributed by atoms with E-state index in [4.69, 9.17) is 11.5 Å². The van der Waals surface area contributed by atoms with Crippen LogP contribution in [0, 0.1) is 0 Å². The molecule has 0 saturated heterocycles. The zero-order chi connectivity index (χ0) is 21.0. The highest BCUT2D eigenvalue weighted by atomic mass is 35.5. The third-order valence-electron chi connectivity index (χ3n) is 4.17. The lowest BCUT2D eigenvalue weighted by Crippen LogP contribution is -2.16. The van der Waals surface area contributed by atoms with E-state index in [9.17, 15) is 0 Å². The lowest BCUT2D eigenvalue weighted by molar-refractivity contribution is 0.803. The van der Waals surface area contributed by atoms with Crippen LogP contribution in [0.25, 0.3) is 16.9 Å². The Bertz CT molecular complexity index is 1040. The first-order chi connectivity index (χ1) is 13.8. The molecule has 0 bridgehead atoms. The topological polar surface area (TPSA) is 107 Å². The Labute approximate surface area is 195 Å². The molecule has 3 aromatic rings. The van der Waals surface area contributed by atoms with Crippen molar-refractivity contribution < 1.29 is 0 Å². The van der Waals surface area contributed by atoms with Crippen molar-refractivity contribution in [3.8, 4) is 16.9 Å². The van der Waals surface area contributed by atoms with Crippen molar-refractivity contribution in [2.24, 2.45) is 21.5 Å². The Hall–Kier alpha value is -2.90. The first-order valence-electron chi connectivity index (χ1n) is 9.64. The minimum Gasteiger partial charge on any atom is -0.383 e. The van der Waals surface area contributed by atoms with Crippen molar-refractivity contribution >= 4 is 36.5 Å². The summed E-state index contributed by atoms with van der Waals surface area (Å²) in [6.45, 7) is 7.98. The van der Waals surface area contributed by atoms with Gasteiger partial charge in [0.1, 0.15) is 17.4 Å². The van der Waals surface area contributed by atoms with E-state index in [1.165, 1.54) is 0 Å². The second-order valence-electron chi connectivity index (χ2n) is 7.39. The summed E-state index contributed by atoms with van der Waals surface area (Å²) < 4.78 is 1.73. The zero-order valence-electron chi connectivity index (χ0n) is 18.1. The van der Waals surface area contributed by atoms with Gasteiger partial charge in [0.15, 0.2) is 0 Å². The van der Waals surface area contributed by atoms with Crippen LogP contribution in [-0.4, -0.2) is 38.7 Å². The number of hydrogen-bond donors (Lipinski definition) is 2. The zero-order valence-corrected chi connectivity index (χ0v) is 19.7. The molecule has 31 heavy (non-hydrogen) atoms. The number of rotatable bonds is 6. The summed E-state index contributed by atoms with van der Waals surface area (Å²) in [6, 6.07) is 15.9. The maximum Gasteiger partial charge on any atom is 0.125 e. The lowest BCUT2D eigenvalue weighted by Gasteiger charge is -2.06. The van der Waals surface area contributed by atoms with E-state index in [1.807, 2.05) is 82.4 Å². The van der Waals surface area contributed by atoms with E-state index in [-0.39, 0.29) is 36.9 Å². The van der Waals surface area contributed by atoms with Crippen LogP contribution in [0.3, 0.4) is 0 Å². The molecular weight excluding hydrogens is 433 g/mol. The van der Waals surface area contributed by atoms with Gasteiger partial charge in [0, 0.05) is 28.8 Å². The number of nitrogens with two attached hydrogens (primary N) is 2. The van der Waals surface area contributed by atoms with Gasteiger partial charge in [-0.2, -0.15) is 0 Å². The van der Waals surface area contributed by atoms with Gasteiger partial charge in [0.25, 0.3) is 0 Å². The quantitative estimate of drug-likeness (QED) is 0.426. The molecule has 0 atom stereocenters. The van der Waals surface area contributed by atoms with Crippen molar-refractivity contribution in [2.75, 3.05) is 0 Å². The van der Waals surface area contributed by atoms with E-state index in [1.54, 1.807) is 4.68 Å². The molecule has 0 unspecified atom stereocenters. The fraction of sp³-hybridized carbons (Fsp3) is 0.273. The summed E-state index contributed by atoms with van der Waals surface area (Å²) in [5.41, 5.74) is 16.5. The summed E-state index contributed by atoms with van der Waals surface area (Å²) in [4.78, 5) is 8.78. The van der Waals surface area contributed by atoms with Crippen molar-refractivity contribution in [1.82, 2.24) is 15.0 Å². The summed E-state index contributed by atoms with van der Waals surface area (Å²) >= 11 is 0. The lowest BCUT2D eigenvalue weighted by atomic mass is 10.1. The SMILES string of the molecule is CC(C)N=C(N)c1ccc(-c2cn(-c3cccc(C(N)=NC(C)C)c3)nn2)cc1.Cl.Cl. The Morgan fingerprint density at radius 1 is 0.839 bits per heavy atom. The summed E-state index contributed by atoms with van der Waals surface area (Å²) in [5, 5.41) is 8.56.